The molecule has 3 rings (SSSR count). The van der Waals surface area contributed by atoms with Crippen LogP contribution in [0.1, 0.15) is 28.2 Å². The van der Waals surface area contributed by atoms with E-state index in [1.807, 2.05) is 24.3 Å². The standard InChI is InChI=1S/C13H12N4O2/c18-13(9-5-2-1-3-6-9)15-14-10-7-4-8-11-12(10)17-19-16-11/h1-3,5-7,14H,4,8H2,(H,15,18). The summed E-state index contributed by atoms with van der Waals surface area (Å²) in [7, 11) is 0. The number of fused-ring (bicyclic) bond motifs is 1. The van der Waals surface area contributed by atoms with Crippen molar-refractivity contribution in [2.24, 2.45) is 0 Å². The van der Waals surface area contributed by atoms with E-state index in [4.69, 9.17) is 4.63 Å². The summed E-state index contributed by atoms with van der Waals surface area (Å²) in [5.74, 6) is -0.204. The van der Waals surface area contributed by atoms with E-state index in [0.29, 0.717) is 17.0 Å². The molecule has 0 atom stereocenters. The Morgan fingerprint density at radius 1 is 1.21 bits per heavy atom. The molecule has 1 aliphatic rings. The normalized spacial score (nSPS) is 13.4. The van der Waals surface area contributed by atoms with Crippen molar-refractivity contribution in [1.82, 2.24) is 21.2 Å². The van der Waals surface area contributed by atoms with Gasteiger partial charge in [0.05, 0.1) is 5.70 Å². The minimum absolute atomic E-state index is 0.204. The fourth-order valence-electron chi connectivity index (χ4n) is 1.92. The van der Waals surface area contributed by atoms with Gasteiger partial charge in [-0.1, -0.05) is 29.4 Å². The number of amides is 1. The van der Waals surface area contributed by atoms with Crippen LogP contribution >= 0.6 is 0 Å². The Balaban J connectivity index is 1.68. The molecule has 1 amide bonds. The SMILES string of the molecule is O=C(NNC1=CCCc2nonc21)c1ccccc1. The Morgan fingerprint density at radius 2 is 2.05 bits per heavy atom. The zero-order valence-corrected chi connectivity index (χ0v) is 10.1. The van der Waals surface area contributed by atoms with Gasteiger partial charge in [-0.25, -0.2) is 4.63 Å². The number of hydrogen-bond acceptors (Lipinski definition) is 5. The first-order valence-electron chi connectivity index (χ1n) is 5.98. The number of nitrogens with zero attached hydrogens (tertiary/aromatic N) is 2. The van der Waals surface area contributed by atoms with Gasteiger partial charge in [0.2, 0.25) is 0 Å². The molecule has 0 fully saturated rings. The van der Waals surface area contributed by atoms with Crippen LogP contribution in [-0.2, 0) is 6.42 Å². The van der Waals surface area contributed by atoms with E-state index >= 15 is 0 Å². The molecular formula is C13H12N4O2. The van der Waals surface area contributed by atoms with Gasteiger partial charge in [0.1, 0.15) is 5.69 Å². The minimum atomic E-state index is -0.204. The molecule has 96 valence electrons. The number of benzene rings is 1. The zero-order chi connectivity index (χ0) is 13.1. The molecule has 0 aliphatic heterocycles. The van der Waals surface area contributed by atoms with Gasteiger partial charge in [-0.05, 0) is 30.1 Å². The van der Waals surface area contributed by atoms with Crippen LogP contribution < -0.4 is 10.9 Å². The highest BCUT2D eigenvalue weighted by atomic mass is 16.6. The monoisotopic (exact) mass is 256 g/mol. The zero-order valence-electron chi connectivity index (χ0n) is 10.1. The fourth-order valence-corrected chi connectivity index (χ4v) is 1.92. The summed E-state index contributed by atoms with van der Waals surface area (Å²) in [6, 6.07) is 8.98. The molecule has 0 unspecified atom stereocenters. The second kappa shape index (κ2) is 4.93. The third-order valence-electron chi connectivity index (χ3n) is 2.89. The predicted molar refractivity (Wildman–Crippen MR) is 67.6 cm³/mol. The topological polar surface area (TPSA) is 80.0 Å². The van der Waals surface area contributed by atoms with Gasteiger partial charge >= 0.3 is 0 Å². The molecule has 0 saturated heterocycles. The molecule has 0 saturated carbocycles. The van der Waals surface area contributed by atoms with Crippen molar-refractivity contribution in [2.45, 2.75) is 12.8 Å². The third kappa shape index (κ3) is 2.33. The van der Waals surface area contributed by atoms with Gasteiger partial charge in [-0.3, -0.25) is 15.6 Å². The molecule has 0 bridgehead atoms. The maximum absolute atomic E-state index is 11.9. The van der Waals surface area contributed by atoms with Gasteiger partial charge in [0, 0.05) is 5.56 Å². The maximum Gasteiger partial charge on any atom is 0.269 e. The van der Waals surface area contributed by atoms with Crippen LogP contribution in [0.4, 0.5) is 0 Å². The van der Waals surface area contributed by atoms with Gasteiger partial charge in [0.25, 0.3) is 5.91 Å². The molecule has 1 aromatic carbocycles. The summed E-state index contributed by atoms with van der Waals surface area (Å²) >= 11 is 0. The Labute approximate surface area is 109 Å². The first-order chi connectivity index (χ1) is 9.34. The van der Waals surface area contributed by atoms with Gasteiger partial charge < -0.3 is 0 Å². The number of aryl methyl sites for hydroxylation is 1. The van der Waals surface area contributed by atoms with E-state index in [9.17, 15) is 4.79 Å². The van der Waals surface area contributed by atoms with Crippen LogP contribution in [0.5, 0.6) is 0 Å². The Bertz CT molecular complexity index is 619. The van der Waals surface area contributed by atoms with Gasteiger partial charge in [-0.15, -0.1) is 0 Å². The summed E-state index contributed by atoms with van der Waals surface area (Å²) in [5, 5.41) is 7.63. The Morgan fingerprint density at radius 3 is 2.89 bits per heavy atom. The number of carbonyl (C=O) groups excluding carboxylic acids is 1. The molecule has 0 radical (unpaired) electrons. The summed E-state index contributed by atoms with van der Waals surface area (Å²) < 4.78 is 4.70. The molecule has 19 heavy (non-hydrogen) atoms. The summed E-state index contributed by atoms with van der Waals surface area (Å²) in [6.45, 7) is 0. The number of rotatable bonds is 3. The number of carbonyl (C=O) groups is 1. The number of allylic oxidation sites excluding steroid dienone is 1. The summed E-state index contributed by atoms with van der Waals surface area (Å²) in [4.78, 5) is 11.9. The largest absolute Gasteiger partial charge is 0.296 e. The van der Waals surface area contributed by atoms with Gasteiger partial charge in [0.15, 0.2) is 5.69 Å². The third-order valence-corrected chi connectivity index (χ3v) is 2.89. The highest BCUT2D eigenvalue weighted by Gasteiger charge is 2.18. The van der Waals surface area contributed by atoms with E-state index in [2.05, 4.69) is 21.2 Å². The Hall–Kier alpha value is -2.63. The second-order valence-electron chi connectivity index (χ2n) is 4.16. The van der Waals surface area contributed by atoms with Gasteiger partial charge in [-0.2, -0.15) is 0 Å². The molecule has 2 aromatic rings. The molecule has 2 N–H and O–H groups in total. The lowest BCUT2D eigenvalue weighted by Gasteiger charge is -2.13. The van der Waals surface area contributed by atoms with Crippen molar-refractivity contribution in [3.05, 3.63) is 53.4 Å². The first-order valence-corrected chi connectivity index (χ1v) is 5.98. The maximum atomic E-state index is 11.9. The minimum Gasteiger partial charge on any atom is -0.296 e. The number of aromatic nitrogens is 2. The molecule has 6 nitrogen and oxygen atoms in total. The van der Waals surface area contributed by atoms with E-state index in [1.54, 1.807) is 12.1 Å². The van der Waals surface area contributed by atoms with E-state index in [0.717, 1.165) is 18.5 Å². The second-order valence-corrected chi connectivity index (χ2v) is 4.16. The fraction of sp³-hybridized carbons (Fsp3) is 0.154. The van der Waals surface area contributed by atoms with Crippen molar-refractivity contribution in [3.63, 3.8) is 0 Å². The first kappa shape index (κ1) is 11.5. The smallest absolute Gasteiger partial charge is 0.269 e. The van der Waals surface area contributed by atoms with Crippen LogP contribution in [0, 0.1) is 0 Å². The average molecular weight is 256 g/mol. The quantitative estimate of drug-likeness (QED) is 0.809. The van der Waals surface area contributed by atoms with E-state index < -0.39 is 0 Å². The van der Waals surface area contributed by atoms with Crippen molar-refractivity contribution in [1.29, 1.82) is 0 Å². The van der Waals surface area contributed by atoms with Crippen molar-refractivity contribution < 1.29 is 9.42 Å². The lowest BCUT2D eigenvalue weighted by atomic mass is 10.1. The molecule has 0 spiro atoms. The molecule has 6 heteroatoms. The molecule has 1 heterocycles. The number of nitrogens with one attached hydrogen (secondary N) is 2. The lowest BCUT2D eigenvalue weighted by Crippen LogP contribution is -2.36. The van der Waals surface area contributed by atoms with Crippen LogP contribution in [-0.4, -0.2) is 16.2 Å². The van der Waals surface area contributed by atoms with Crippen LogP contribution in [0.2, 0.25) is 0 Å². The van der Waals surface area contributed by atoms with Crippen molar-refractivity contribution in [3.8, 4) is 0 Å². The average Bonchev–Trinajstić information content (AvgIpc) is 2.94. The predicted octanol–water partition coefficient (Wildman–Crippen LogP) is 1.29. The van der Waals surface area contributed by atoms with E-state index in [-0.39, 0.29) is 5.91 Å². The highest BCUT2D eigenvalue weighted by Crippen LogP contribution is 2.20. The van der Waals surface area contributed by atoms with E-state index in [1.165, 1.54) is 0 Å². The van der Waals surface area contributed by atoms with Crippen molar-refractivity contribution >= 4 is 11.6 Å². The molecule has 1 aliphatic carbocycles. The van der Waals surface area contributed by atoms with Crippen LogP contribution in [0.25, 0.3) is 5.70 Å². The van der Waals surface area contributed by atoms with Crippen LogP contribution in [0.15, 0.2) is 41.0 Å². The van der Waals surface area contributed by atoms with Crippen LogP contribution in [0.3, 0.4) is 0 Å². The summed E-state index contributed by atoms with van der Waals surface area (Å²) in [5.41, 5.74) is 8.25. The molecular weight excluding hydrogens is 244 g/mol. The number of hydrazine groups is 1. The number of hydrogen-bond donors (Lipinski definition) is 2. The Kier molecular flexibility index (Phi) is 2.97. The lowest BCUT2D eigenvalue weighted by molar-refractivity contribution is 0.0942. The van der Waals surface area contributed by atoms with Crippen molar-refractivity contribution in [2.75, 3.05) is 0 Å². The highest BCUT2D eigenvalue weighted by molar-refractivity contribution is 5.94. The molecule has 1 aromatic heterocycles. The summed E-state index contributed by atoms with van der Waals surface area (Å²) in [6.07, 6.45) is 3.60.